The molecule has 4 heteroatoms. The molecule has 1 heterocycles. The Labute approximate surface area is 105 Å². The molecule has 0 fully saturated rings. The molecule has 0 bridgehead atoms. The highest BCUT2D eigenvalue weighted by atomic mass is 35.5. The molecule has 1 aromatic carbocycles. The van der Waals surface area contributed by atoms with E-state index < -0.39 is 0 Å². The smallest absolute Gasteiger partial charge is 0.162 e. The average molecular weight is 259 g/mol. The number of fused-ring (bicyclic) bond motifs is 1. The van der Waals surface area contributed by atoms with Crippen LogP contribution >= 0.6 is 23.4 Å². The van der Waals surface area contributed by atoms with Crippen molar-refractivity contribution in [2.75, 3.05) is 24.8 Å². The van der Waals surface area contributed by atoms with E-state index >= 15 is 0 Å². The maximum Gasteiger partial charge on any atom is 0.162 e. The molecular weight excluding hydrogens is 244 g/mol. The highest BCUT2D eigenvalue weighted by Gasteiger charge is 2.10. The summed E-state index contributed by atoms with van der Waals surface area (Å²) in [5, 5.41) is 0. The van der Waals surface area contributed by atoms with Gasteiger partial charge in [0, 0.05) is 17.2 Å². The van der Waals surface area contributed by atoms with E-state index in [1.165, 1.54) is 4.90 Å². The van der Waals surface area contributed by atoms with Crippen LogP contribution in [0.2, 0.25) is 0 Å². The number of alkyl halides is 1. The van der Waals surface area contributed by atoms with Crippen LogP contribution < -0.4 is 9.47 Å². The van der Waals surface area contributed by atoms with Gasteiger partial charge in [0.1, 0.15) is 0 Å². The van der Waals surface area contributed by atoms with Crippen molar-refractivity contribution >= 4 is 23.4 Å². The van der Waals surface area contributed by atoms with Crippen LogP contribution in [0.3, 0.4) is 0 Å². The van der Waals surface area contributed by atoms with Crippen LogP contribution in [-0.2, 0) is 0 Å². The predicted octanol–water partition coefficient (Wildman–Crippen LogP) is 3.57. The second kappa shape index (κ2) is 6.26. The van der Waals surface area contributed by atoms with E-state index in [0.717, 1.165) is 49.2 Å². The average Bonchev–Trinajstić information content (AvgIpc) is 2.54. The summed E-state index contributed by atoms with van der Waals surface area (Å²) in [6.45, 7) is 1.48. The first kappa shape index (κ1) is 11.9. The maximum atomic E-state index is 5.65. The topological polar surface area (TPSA) is 18.5 Å². The lowest BCUT2D eigenvalue weighted by Gasteiger charge is -2.08. The van der Waals surface area contributed by atoms with Crippen molar-refractivity contribution in [2.45, 2.75) is 17.7 Å². The minimum Gasteiger partial charge on any atom is -0.490 e. The van der Waals surface area contributed by atoms with Gasteiger partial charge in [-0.3, -0.25) is 0 Å². The molecule has 0 atom stereocenters. The van der Waals surface area contributed by atoms with E-state index in [9.17, 15) is 0 Å². The number of thioether (sulfide) groups is 1. The van der Waals surface area contributed by atoms with E-state index in [-0.39, 0.29) is 0 Å². The Balaban J connectivity index is 2.02. The highest BCUT2D eigenvalue weighted by Crippen LogP contribution is 2.33. The number of rotatable bonds is 4. The molecule has 88 valence electrons. The Bertz CT molecular complexity index is 344. The van der Waals surface area contributed by atoms with Gasteiger partial charge in [-0.15, -0.1) is 23.4 Å². The third kappa shape index (κ3) is 3.22. The molecule has 0 saturated heterocycles. The molecule has 1 aliphatic rings. The Morgan fingerprint density at radius 2 is 2.00 bits per heavy atom. The third-order valence-electron chi connectivity index (χ3n) is 2.27. The molecule has 0 aliphatic carbocycles. The summed E-state index contributed by atoms with van der Waals surface area (Å²) in [5.74, 6) is 3.49. The van der Waals surface area contributed by atoms with Gasteiger partial charge in [0.15, 0.2) is 11.5 Å². The number of hydrogen-bond donors (Lipinski definition) is 0. The largest absolute Gasteiger partial charge is 0.490 e. The fourth-order valence-electron chi connectivity index (χ4n) is 1.48. The van der Waals surface area contributed by atoms with E-state index in [0.29, 0.717) is 0 Å². The molecule has 2 rings (SSSR count). The summed E-state index contributed by atoms with van der Waals surface area (Å²) in [7, 11) is 0. The molecule has 0 amide bonds. The first-order valence-corrected chi connectivity index (χ1v) is 7.00. The monoisotopic (exact) mass is 258 g/mol. The quantitative estimate of drug-likeness (QED) is 0.467. The van der Waals surface area contributed by atoms with Crippen LogP contribution in [0.4, 0.5) is 0 Å². The fraction of sp³-hybridized carbons (Fsp3) is 0.500. The van der Waals surface area contributed by atoms with Crippen molar-refractivity contribution in [3.8, 4) is 11.5 Å². The molecule has 0 spiro atoms. The van der Waals surface area contributed by atoms with Gasteiger partial charge in [-0.2, -0.15) is 0 Å². The molecule has 16 heavy (non-hydrogen) atoms. The van der Waals surface area contributed by atoms with Gasteiger partial charge >= 0.3 is 0 Å². The minimum absolute atomic E-state index is 0.720. The highest BCUT2D eigenvalue weighted by molar-refractivity contribution is 7.99. The van der Waals surface area contributed by atoms with Crippen LogP contribution in [0, 0.1) is 0 Å². The van der Waals surface area contributed by atoms with Crippen molar-refractivity contribution in [2.24, 2.45) is 0 Å². The molecule has 0 unspecified atom stereocenters. The van der Waals surface area contributed by atoms with Crippen LogP contribution in [0.5, 0.6) is 11.5 Å². The van der Waals surface area contributed by atoms with Gasteiger partial charge in [-0.25, -0.2) is 0 Å². The van der Waals surface area contributed by atoms with E-state index in [2.05, 4.69) is 12.1 Å². The van der Waals surface area contributed by atoms with Crippen molar-refractivity contribution in [3.63, 3.8) is 0 Å². The minimum atomic E-state index is 0.720. The van der Waals surface area contributed by atoms with Crippen molar-refractivity contribution in [1.82, 2.24) is 0 Å². The standard InChI is InChI=1S/C12H15ClO2S/c13-5-1-8-16-10-3-4-11-12(9-10)15-7-2-6-14-11/h3-4,9H,1-2,5-8H2. The molecule has 0 radical (unpaired) electrons. The van der Waals surface area contributed by atoms with E-state index in [4.69, 9.17) is 21.1 Å². The van der Waals surface area contributed by atoms with Gasteiger partial charge in [-0.1, -0.05) is 0 Å². The van der Waals surface area contributed by atoms with Gasteiger partial charge in [-0.05, 0) is 30.4 Å². The van der Waals surface area contributed by atoms with Gasteiger partial charge in [0.2, 0.25) is 0 Å². The Morgan fingerprint density at radius 1 is 1.19 bits per heavy atom. The zero-order chi connectivity index (χ0) is 11.2. The Kier molecular flexibility index (Phi) is 4.67. The molecule has 1 aliphatic heterocycles. The summed E-state index contributed by atoms with van der Waals surface area (Å²) in [6, 6.07) is 6.12. The number of ether oxygens (including phenoxy) is 2. The molecule has 0 N–H and O–H groups in total. The molecule has 0 aromatic heterocycles. The number of hydrogen-bond acceptors (Lipinski definition) is 3. The van der Waals surface area contributed by atoms with Crippen LogP contribution in [0.25, 0.3) is 0 Å². The van der Waals surface area contributed by atoms with Crippen LogP contribution in [-0.4, -0.2) is 24.8 Å². The van der Waals surface area contributed by atoms with Gasteiger partial charge < -0.3 is 9.47 Å². The summed E-state index contributed by atoms with van der Waals surface area (Å²) in [5.41, 5.74) is 0. The predicted molar refractivity (Wildman–Crippen MR) is 68.1 cm³/mol. The molecule has 1 aromatic rings. The third-order valence-corrected chi connectivity index (χ3v) is 3.61. The zero-order valence-corrected chi connectivity index (χ0v) is 10.6. The lowest BCUT2D eigenvalue weighted by molar-refractivity contribution is 0.297. The normalized spacial score (nSPS) is 14.6. The maximum absolute atomic E-state index is 5.65. The summed E-state index contributed by atoms with van der Waals surface area (Å²) >= 11 is 7.45. The molecule has 2 nitrogen and oxygen atoms in total. The summed E-state index contributed by atoms with van der Waals surface area (Å²) in [4.78, 5) is 1.22. The lowest BCUT2D eigenvalue weighted by Crippen LogP contribution is -1.97. The van der Waals surface area contributed by atoms with E-state index in [1.54, 1.807) is 11.8 Å². The lowest BCUT2D eigenvalue weighted by atomic mass is 10.3. The Hall–Kier alpha value is -0.540. The SMILES string of the molecule is ClCCCSc1ccc2c(c1)OCCCO2. The number of benzene rings is 1. The summed E-state index contributed by atoms with van der Waals surface area (Å²) < 4.78 is 11.2. The van der Waals surface area contributed by atoms with Crippen LogP contribution in [0.15, 0.2) is 23.1 Å². The zero-order valence-electron chi connectivity index (χ0n) is 9.08. The van der Waals surface area contributed by atoms with Crippen molar-refractivity contribution in [1.29, 1.82) is 0 Å². The van der Waals surface area contributed by atoms with Gasteiger partial charge in [0.25, 0.3) is 0 Å². The first-order chi connectivity index (χ1) is 7.90. The van der Waals surface area contributed by atoms with E-state index in [1.807, 2.05) is 6.07 Å². The summed E-state index contributed by atoms with van der Waals surface area (Å²) in [6.07, 6.45) is 1.98. The number of halogens is 1. The Morgan fingerprint density at radius 3 is 2.81 bits per heavy atom. The van der Waals surface area contributed by atoms with Crippen molar-refractivity contribution < 1.29 is 9.47 Å². The second-order valence-corrected chi connectivity index (χ2v) is 5.10. The first-order valence-electron chi connectivity index (χ1n) is 5.48. The molecule has 0 saturated carbocycles. The van der Waals surface area contributed by atoms with Gasteiger partial charge in [0.05, 0.1) is 13.2 Å². The second-order valence-electron chi connectivity index (χ2n) is 3.55. The van der Waals surface area contributed by atoms with Crippen molar-refractivity contribution in [3.05, 3.63) is 18.2 Å². The fourth-order valence-corrected chi connectivity index (χ4v) is 2.65. The molecular formula is C12H15ClO2S. The van der Waals surface area contributed by atoms with Crippen LogP contribution in [0.1, 0.15) is 12.8 Å².